The van der Waals surface area contributed by atoms with Gasteiger partial charge < -0.3 is 10.8 Å². The van der Waals surface area contributed by atoms with E-state index in [1.807, 2.05) is 54.6 Å². The molecular formula is C16H15NO. The summed E-state index contributed by atoms with van der Waals surface area (Å²) in [7, 11) is 0. The molecule has 1 unspecified atom stereocenters. The number of benzene rings is 2. The summed E-state index contributed by atoms with van der Waals surface area (Å²) in [5.74, 6) is 5.44. The SMILES string of the molecule is NCC#CC(O)c1ccccc1-c1ccccc1. The van der Waals surface area contributed by atoms with E-state index in [2.05, 4.69) is 11.8 Å². The van der Waals surface area contributed by atoms with Crippen LogP contribution in [0.5, 0.6) is 0 Å². The van der Waals surface area contributed by atoms with E-state index in [0.717, 1.165) is 16.7 Å². The maximum absolute atomic E-state index is 10.1. The Morgan fingerprint density at radius 3 is 2.39 bits per heavy atom. The van der Waals surface area contributed by atoms with Crippen LogP contribution >= 0.6 is 0 Å². The van der Waals surface area contributed by atoms with Gasteiger partial charge in [0.2, 0.25) is 0 Å². The van der Waals surface area contributed by atoms with Crippen molar-refractivity contribution in [3.05, 3.63) is 60.2 Å². The Morgan fingerprint density at radius 1 is 1.00 bits per heavy atom. The highest BCUT2D eigenvalue weighted by Gasteiger charge is 2.10. The van der Waals surface area contributed by atoms with Gasteiger partial charge in [0, 0.05) is 5.56 Å². The molecule has 0 radical (unpaired) electrons. The van der Waals surface area contributed by atoms with Crippen LogP contribution in [0.2, 0.25) is 0 Å². The fraction of sp³-hybridized carbons (Fsp3) is 0.125. The topological polar surface area (TPSA) is 46.2 Å². The van der Waals surface area contributed by atoms with E-state index in [1.165, 1.54) is 0 Å². The lowest BCUT2D eigenvalue weighted by atomic mass is 9.96. The molecule has 0 aromatic heterocycles. The normalized spacial score (nSPS) is 11.4. The molecule has 2 rings (SSSR count). The maximum Gasteiger partial charge on any atom is 0.140 e. The van der Waals surface area contributed by atoms with Gasteiger partial charge in [-0.1, -0.05) is 66.4 Å². The molecule has 90 valence electrons. The fourth-order valence-corrected chi connectivity index (χ4v) is 1.85. The van der Waals surface area contributed by atoms with Crippen molar-refractivity contribution in [2.45, 2.75) is 6.10 Å². The summed E-state index contributed by atoms with van der Waals surface area (Å²) in [6.45, 7) is 0.255. The van der Waals surface area contributed by atoms with Crippen LogP contribution in [0, 0.1) is 11.8 Å². The van der Waals surface area contributed by atoms with Gasteiger partial charge >= 0.3 is 0 Å². The molecule has 0 saturated carbocycles. The molecule has 0 spiro atoms. The quantitative estimate of drug-likeness (QED) is 0.788. The molecule has 0 fully saturated rings. The van der Waals surface area contributed by atoms with Gasteiger partial charge in [0.25, 0.3) is 0 Å². The molecule has 0 bridgehead atoms. The first kappa shape index (κ1) is 12.4. The second kappa shape index (κ2) is 6.02. The minimum atomic E-state index is -0.801. The average Bonchev–Trinajstić information content (AvgIpc) is 2.45. The molecule has 0 amide bonds. The predicted molar refractivity (Wildman–Crippen MR) is 73.7 cm³/mol. The van der Waals surface area contributed by atoms with Crippen molar-refractivity contribution in [2.24, 2.45) is 5.73 Å². The zero-order chi connectivity index (χ0) is 12.8. The lowest BCUT2D eigenvalue weighted by Crippen LogP contribution is -1.99. The van der Waals surface area contributed by atoms with Crippen molar-refractivity contribution in [1.29, 1.82) is 0 Å². The van der Waals surface area contributed by atoms with Gasteiger partial charge in [-0.2, -0.15) is 0 Å². The van der Waals surface area contributed by atoms with Crippen LogP contribution in [-0.2, 0) is 0 Å². The smallest absolute Gasteiger partial charge is 0.140 e. The van der Waals surface area contributed by atoms with E-state index < -0.39 is 6.10 Å². The second-order valence-electron chi connectivity index (χ2n) is 3.88. The second-order valence-corrected chi connectivity index (χ2v) is 3.88. The Kier molecular flexibility index (Phi) is 4.14. The summed E-state index contributed by atoms with van der Waals surface area (Å²) < 4.78 is 0. The highest BCUT2D eigenvalue weighted by molar-refractivity contribution is 5.68. The van der Waals surface area contributed by atoms with Crippen molar-refractivity contribution >= 4 is 0 Å². The third kappa shape index (κ3) is 2.78. The van der Waals surface area contributed by atoms with Gasteiger partial charge in [-0.3, -0.25) is 0 Å². The van der Waals surface area contributed by atoms with Crippen LogP contribution in [0.1, 0.15) is 11.7 Å². The number of hydrogen-bond donors (Lipinski definition) is 2. The molecule has 0 aliphatic rings. The third-order valence-corrected chi connectivity index (χ3v) is 2.68. The third-order valence-electron chi connectivity index (χ3n) is 2.68. The monoisotopic (exact) mass is 237 g/mol. The molecular weight excluding hydrogens is 222 g/mol. The van der Waals surface area contributed by atoms with Crippen molar-refractivity contribution in [1.82, 2.24) is 0 Å². The molecule has 3 N–H and O–H groups in total. The van der Waals surface area contributed by atoms with Gasteiger partial charge in [-0.15, -0.1) is 0 Å². The predicted octanol–water partition coefficient (Wildman–Crippen LogP) is 2.35. The zero-order valence-electron chi connectivity index (χ0n) is 10.0. The molecule has 0 aliphatic heterocycles. The number of hydrogen-bond acceptors (Lipinski definition) is 2. The molecule has 0 aliphatic carbocycles. The van der Waals surface area contributed by atoms with E-state index in [9.17, 15) is 5.11 Å². The Balaban J connectivity index is 2.43. The lowest BCUT2D eigenvalue weighted by Gasteiger charge is -2.11. The van der Waals surface area contributed by atoms with Crippen molar-refractivity contribution in [3.8, 4) is 23.0 Å². The molecule has 2 aromatic carbocycles. The minimum Gasteiger partial charge on any atom is -0.376 e. The molecule has 18 heavy (non-hydrogen) atoms. The molecule has 1 atom stereocenters. The van der Waals surface area contributed by atoms with Crippen molar-refractivity contribution in [2.75, 3.05) is 6.54 Å². The highest BCUT2D eigenvalue weighted by atomic mass is 16.3. The van der Waals surface area contributed by atoms with Crippen LogP contribution in [0.3, 0.4) is 0 Å². The lowest BCUT2D eigenvalue weighted by molar-refractivity contribution is 0.239. The zero-order valence-corrected chi connectivity index (χ0v) is 10.0. The van der Waals surface area contributed by atoms with Crippen LogP contribution in [0.15, 0.2) is 54.6 Å². The Hall–Kier alpha value is -2.08. The summed E-state index contributed by atoms with van der Waals surface area (Å²) in [5, 5.41) is 10.1. The molecule has 2 heteroatoms. The van der Waals surface area contributed by atoms with E-state index in [4.69, 9.17) is 5.73 Å². The molecule has 0 heterocycles. The van der Waals surface area contributed by atoms with Gasteiger partial charge in [0.15, 0.2) is 0 Å². The van der Waals surface area contributed by atoms with Crippen LogP contribution in [0.25, 0.3) is 11.1 Å². The van der Waals surface area contributed by atoms with Crippen molar-refractivity contribution < 1.29 is 5.11 Å². The number of rotatable bonds is 2. The van der Waals surface area contributed by atoms with E-state index >= 15 is 0 Å². The summed E-state index contributed by atoms with van der Waals surface area (Å²) in [5.41, 5.74) is 8.20. The highest BCUT2D eigenvalue weighted by Crippen LogP contribution is 2.27. The van der Waals surface area contributed by atoms with E-state index in [1.54, 1.807) is 0 Å². The first-order valence-electron chi connectivity index (χ1n) is 5.84. The van der Waals surface area contributed by atoms with Crippen molar-refractivity contribution in [3.63, 3.8) is 0 Å². The van der Waals surface area contributed by atoms with Crippen LogP contribution < -0.4 is 5.73 Å². The summed E-state index contributed by atoms with van der Waals surface area (Å²) in [6.07, 6.45) is -0.801. The fourth-order valence-electron chi connectivity index (χ4n) is 1.85. The number of aliphatic hydroxyl groups excluding tert-OH is 1. The van der Waals surface area contributed by atoms with Gasteiger partial charge in [-0.05, 0) is 11.1 Å². The van der Waals surface area contributed by atoms with Gasteiger partial charge in [0.1, 0.15) is 6.10 Å². The van der Waals surface area contributed by atoms with Crippen LogP contribution in [0.4, 0.5) is 0 Å². The Morgan fingerprint density at radius 2 is 1.67 bits per heavy atom. The first-order chi connectivity index (χ1) is 8.83. The standard InChI is InChI=1S/C16H15NO/c17-12-6-11-16(18)15-10-5-4-9-14(15)13-7-2-1-3-8-13/h1-5,7-10,16,18H,12,17H2. The average molecular weight is 237 g/mol. The molecule has 2 nitrogen and oxygen atoms in total. The molecule has 0 saturated heterocycles. The maximum atomic E-state index is 10.1. The number of nitrogens with two attached hydrogens (primary N) is 1. The Bertz CT molecular complexity index is 566. The Labute approximate surface area is 107 Å². The van der Waals surface area contributed by atoms with E-state index in [-0.39, 0.29) is 6.54 Å². The minimum absolute atomic E-state index is 0.255. The number of aliphatic hydroxyl groups is 1. The first-order valence-corrected chi connectivity index (χ1v) is 5.84. The van der Waals surface area contributed by atoms with Gasteiger partial charge in [-0.25, -0.2) is 0 Å². The van der Waals surface area contributed by atoms with Gasteiger partial charge in [0.05, 0.1) is 6.54 Å². The summed E-state index contributed by atoms with van der Waals surface area (Å²) in [4.78, 5) is 0. The van der Waals surface area contributed by atoms with E-state index in [0.29, 0.717) is 0 Å². The van der Waals surface area contributed by atoms with Crippen LogP contribution in [-0.4, -0.2) is 11.7 Å². The summed E-state index contributed by atoms with van der Waals surface area (Å²) in [6, 6.07) is 17.7. The summed E-state index contributed by atoms with van der Waals surface area (Å²) >= 11 is 0. The molecule has 2 aromatic rings. The largest absolute Gasteiger partial charge is 0.376 e.